The van der Waals surface area contributed by atoms with Crippen molar-refractivity contribution in [2.24, 2.45) is 0 Å². The van der Waals surface area contributed by atoms with Gasteiger partial charge in [-0.1, -0.05) is 34.8 Å². The number of rotatable bonds is 1. The van der Waals surface area contributed by atoms with Crippen LogP contribution in [0.25, 0.3) is 22.3 Å². The van der Waals surface area contributed by atoms with E-state index >= 15 is 0 Å². The summed E-state index contributed by atoms with van der Waals surface area (Å²) in [7, 11) is 0. The first-order valence-electron chi connectivity index (χ1n) is 6.04. The van der Waals surface area contributed by atoms with Crippen molar-refractivity contribution in [1.29, 1.82) is 0 Å². The lowest BCUT2D eigenvalue weighted by atomic mass is 10.1. The Morgan fingerprint density at radius 3 is 2.55 bits per heavy atom. The molecule has 0 unspecified atom stereocenters. The van der Waals surface area contributed by atoms with Crippen molar-refractivity contribution in [2.75, 3.05) is 5.73 Å². The van der Waals surface area contributed by atoms with E-state index < -0.39 is 0 Å². The smallest absolute Gasteiger partial charge is 0.163 e. The summed E-state index contributed by atoms with van der Waals surface area (Å²) in [6.07, 6.45) is 0. The maximum absolute atomic E-state index is 6.19. The fraction of sp³-hybridized carbons (Fsp3) is 0.0667. The molecule has 3 aromatic rings. The number of nitrogens with zero attached hydrogens (tertiary/aromatic N) is 2. The largest absolute Gasteiger partial charge is 0.383 e. The van der Waals surface area contributed by atoms with E-state index in [1.807, 2.05) is 25.1 Å². The van der Waals surface area contributed by atoms with E-state index in [0.29, 0.717) is 27.3 Å². The summed E-state index contributed by atoms with van der Waals surface area (Å²) < 4.78 is 0. The monoisotopic (exact) mass is 303 g/mol. The second kappa shape index (κ2) is 4.93. The third kappa shape index (κ3) is 2.30. The molecule has 0 bridgehead atoms. The molecular formula is C15H11Cl2N3. The molecule has 0 aliphatic carbocycles. The van der Waals surface area contributed by atoms with Crippen LogP contribution >= 0.6 is 23.2 Å². The van der Waals surface area contributed by atoms with Crippen molar-refractivity contribution in [3.05, 3.63) is 52.0 Å². The number of nitrogen functional groups attached to an aromatic ring is 1. The third-order valence-electron chi connectivity index (χ3n) is 3.05. The molecule has 0 atom stereocenters. The van der Waals surface area contributed by atoms with Gasteiger partial charge >= 0.3 is 0 Å². The van der Waals surface area contributed by atoms with Crippen LogP contribution in [0, 0.1) is 6.92 Å². The summed E-state index contributed by atoms with van der Waals surface area (Å²) >= 11 is 12.1. The lowest BCUT2D eigenvalue weighted by Gasteiger charge is -2.08. The van der Waals surface area contributed by atoms with Gasteiger partial charge < -0.3 is 5.73 Å². The van der Waals surface area contributed by atoms with Crippen LogP contribution in [0.4, 0.5) is 5.82 Å². The van der Waals surface area contributed by atoms with Gasteiger partial charge in [-0.3, -0.25) is 0 Å². The van der Waals surface area contributed by atoms with Crippen molar-refractivity contribution in [1.82, 2.24) is 9.97 Å². The zero-order valence-electron chi connectivity index (χ0n) is 10.7. The number of anilines is 1. The van der Waals surface area contributed by atoms with Gasteiger partial charge in [-0.2, -0.15) is 0 Å². The maximum atomic E-state index is 6.19. The second-order valence-electron chi connectivity index (χ2n) is 4.58. The van der Waals surface area contributed by atoms with Gasteiger partial charge in [0.15, 0.2) is 5.82 Å². The predicted octanol–water partition coefficient (Wildman–Crippen LogP) is 4.49. The summed E-state index contributed by atoms with van der Waals surface area (Å²) in [5.41, 5.74) is 8.65. The van der Waals surface area contributed by atoms with Crippen LogP contribution < -0.4 is 5.73 Å². The normalized spacial score (nSPS) is 10.9. The molecule has 3 rings (SSSR count). The van der Waals surface area contributed by atoms with E-state index in [1.54, 1.807) is 18.2 Å². The van der Waals surface area contributed by atoms with Crippen molar-refractivity contribution in [3.8, 4) is 11.4 Å². The molecule has 20 heavy (non-hydrogen) atoms. The van der Waals surface area contributed by atoms with Crippen molar-refractivity contribution < 1.29 is 0 Å². The molecule has 1 heterocycles. The van der Waals surface area contributed by atoms with E-state index in [0.717, 1.165) is 16.5 Å². The van der Waals surface area contributed by atoms with Crippen LogP contribution in [-0.2, 0) is 0 Å². The van der Waals surface area contributed by atoms with Crippen LogP contribution in [0.3, 0.4) is 0 Å². The maximum Gasteiger partial charge on any atom is 0.163 e. The fourth-order valence-electron chi connectivity index (χ4n) is 2.06. The minimum Gasteiger partial charge on any atom is -0.383 e. The molecule has 1 aromatic heterocycles. The Labute approximate surface area is 126 Å². The van der Waals surface area contributed by atoms with E-state index in [4.69, 9.17) is 28.9 Å². The molecule has 100 valence electrons. The van der Waals surface area contributed by atoms with E-state index in [2.05, 4.69) is 9.97 Å². The summed E-state index contributed by atoms with van der Waals surface area (Å²) in [6.45, 7) is 2.00. The predicted molar refractivity (Wildman–Crippen MR) is 84.1 cm³/mol. The highest BCUT2D eigenvalue weighted by Crippen LogP contribution is 2.30. The standard InChI is InChI=1S/C15H11Cl2N3/c1-8-2-5-13-11(6-8)14(18)20-15(19-13)10-4-3-9(16)7-12(10)17/h2-7H,1H3,(H2,18,19,20). The molecule has 5 heteroatoms. The lowest BCUT2D eigenvalue weighted by Crippen LogP contribution is -1.98. The van der Waals surface area contributed by atoms with Gasteiger partial charge in [0.05, 0.1) is 10.5 Å². The molecule has 0 radical (unpaired) electrons. The number of fused-ring (bicyclic) bond motifs is 1. The van der Waals surface area contributed by atoms with Gasteiger partial charge in [0, 0.05) is 16.0 Å². The van der Waals surface area contributed by atoms with Gasteiger partial charge in [0.1, 0.15) is 5.82 Å². The Bertz CT molecular complexity index is 816. The molecule has 0 amide bonds. The third-order valence-corrected chi connectivity index (χ3v) is 3.60. The van der Waals surface area contributed by atoms with Crippen LogP contribution in [0.2, 0.25) is 10.0 Å². The molecule has 0 spiro atoms. The molecule has 0 saturated carbocycles. The highest BCUT2D eigenvalue weighted by molar-refractivity contribution is 6.36. The van der Waals surface area contributed by atoms with Crippen LogP contribution in [-0.4, -0.2) is 9.97 Å². The van der Waals surface area contributed by atoms with Crippen LogP contribution in [0.1, 0.15) is 5.56 Å². The average molecular weight is 304 g/mol. The van der Waals surface area contributed by atoms with Gasteiger partial charge in [0.2, 0.25) is 0 Å². The number of hydrogen-bond acceptors (Lipinski definition) is 3. The van der Waals surface area contributed by atoms with Crippen molar-refractivity contribution in [3.63, 3.8) is 0 Å². The zero-order chi connectivity index (χ0) is 14.3. The first-order chi connectivity index (χ1) is 9.54. The van der Waals surface area contributed by atoms with Gasteiger partial charge in [-0.05, 0) is 37.3 Å². The Morgan fingerprint density at radius 1 is 1.00 bits per heavy atom. The number of hydrogen-bond donors (Lipinski definition) is 1. The van der Waals surface area contributed by atoms with E-state index in [-0.39, 0.29) is 0 Å². The van der Waals surface area contributed by atoms with Crippen molar-refractivity contribution in [2.45, 2.75) is 6.92 Å². The summed E-state index contributed by atoms with van der Waals surface area (Å²) in [4.78, 5) is 8.86. The van der Waals surface area contributed by atoms with E-state index in [1.165, 1.54) is 0 Å². The summed E-state index contributed by atoms with van der Waals surface area (Å²) in [5.74, 6) is 0.945. The Hall–Kier alpha value is -1.84. The molecule has 0 aliphatic rings. The summed E-state index contributed by atoms with van der Waals surface area (Å²) in [5, 5.41) is 1.92. The number of benzene rings is 2. The number of nitrogens with two attached hydrogens (primary N) is 1. The SMILES string of the molecule is Cc1ccc2nc(-c3ccc(Cl)cc3Cl)nc(N)c2c1. The average Bonchev–Trinajstić information content (AvgIpc) is 2.39. The van der Waals surface area contributed by atoms with Crippen molar-refractivity contribution >= 4 is 39.9 Å². The molecule has 0 aliphatic heterocycles. The number of aromatic nitrogens is 2. The first-order valence-corrected chi connectivity index (χ1v) is 6.79. The highest BCUT2D eigenvalue weighted by Gasteiger charge is 2.11. The number of aryl methyl sites for hydroxylation is 1. The Kier molecular flexibility index (Phi) is 3.24. The number of halogens is 2. The fourth-order valence-corrected chi connectivity index (χ4v) is 2.55. The van der Waals surface area contributed by atoms with Gasteiger partial charge in [0.25, 0.3) is 0 Å². The van der Waals surface area contributed by atoms with Gasteiger partial charge in [-0.15, -0.1) is 0 Å². The molecule has 3 nitrogen and oxygen atoms in total. The topological polar surface area (TPSA) is 51.8 Å². The Morgan fingerprint density at radius 2 is 1.80 bits per heavy atom. The summed E-state index contributed by atoms with van der Waals surface area (Å²) in [6, 6.07) is 11.1. The molecular weight excluding hydrogens is 293 g/mol. The highest BCUT2D eigenvalue weighted by atomic mass is 35.5. The van der Waals surface area contributed by atoms with Crippen LogP contribution in [0.15, 0.2) is 36.4 Å². The Balaban J connectivity index is 2.24. The first kappa shape index (κ1) is 13.2. The molecule has 0 saturated heterocycles. The lowest BCUT2D eigenvalue weighted by molar-refractivity contribution is 1.23. The minimum absolute atomic E-state index is 0.444. The second-order valence-corrected chi connectivity index (χ2v) is 5.42. The van der Waals surface area contributed by atoms with Crippen LogP contribution in [0.5, 0.6) is 0 Å². The molecule has 2 N–H and O–H groups in total. The molecule has 0 fully saturated rings. The minimum atomic E-state index is 0.444. The van der Waals surface area contributed by atoms with Gasteiger partial charge in [-0.25, -0.2) is 9.97 Å². The van der Waals surface area contributed by atoms with E-state index in [9.17, 15) is 0 Å². The quantitative estimate of drug-likeness (QED) is 0.720. The molecule has 2 aromatic carbocycles. The zero-order valence-corrected chi connectivity index (χ0v) is 12.2.